The minimum absolute atomic E-state index is 0.182. The van der Waals surface area contributed by atoms with Gasteiger partial charge in [0.15, 0.2) is 0 Å². The molecule has 0 bridgehead atoms. The van der Waals surface area contributed by atoms with E-state index in [2.05, 4.69) is 25.7 Å². The summed E-state index contributed by atoms with van der Waals surface area (Å²) >= 11 is 0. The molecule has 1 atom stereocenters. The first kappa shape index (κ1) is 16.9. The molecule has 0 radical (unpaired) electrons. The monoisotopic (exact) mass is 244 g/mol. The van der Waals surface area contributed by atoms with E-state index in [1.165, 1.54) is 19.3 Å². The molecule has 3 heteroatoms. The maximum absolute atomic E-state index is 6.06. The molecule has 104 valence electrons. The van der Waals surface area contributed by atoms with E-state index in [4.69, 9.17) is 10.5 Å². The van der Waals surface area contributed by atoms with Crippen LogP contribution in [-0.2, 0) is 4.74 Å². The van der Waals surface area contributed by atoms with Gasteiger partial charge >= 0.3 is 0 Å². The molecule has 0 heterocycles. The second-order valence-electron chi connectivity index (χ2n) is 4.66. The summed E-state index contributed by atoms with van der Waals surface area (Å²) in [5.41, 5.74) is 6.24. The molecule has 1 unspecified atom stereocenters. The summed E-state index contributed by atoms with van der Waals surface area (Å²) in [5, 5.41) is 0. The maximum Gasteiger partial charge on any atom is 0.0593 e. The lowest BCUT2D eigenvalue weighted by atomic mass is 9.87. The minimum atomic E-state index is 0.182. The van der Waals surface area contributed by atoms with Crippen LogP contribution in [0.15, 0.2) is 0 Å². The Morgan fingerprint density at radius 1 is 1.18 bits per heavy atom. The highest BCUT2D eigenvalue weighted by molar-refractivity contribution is 4.90. The van der Waals surface area contributed by atoms with Crippen LogP contribution in [0, 0.1) is 0 Å². The van der Waals surface area contributed by atoms with Crippen LogP contribution in [0.25, 0.3) is 0 Å². The largest absolute Gasteiger partial charge is 0.380 e. The Hall–Kier alpha value is -0.120. The molecule has 0 amide bonds. The number of unbranched alkanes of at least 4 members (excludes halogenated alkanes) is 1. The van der Waals surface area contributed by atoms with Crippen LogP contribution >= 0.6 is 0 Å². The molecular weight excluding hydrogens is 212 g/mol. The van der Waals surface area contributed by atoms with Gasteiger partial charge in [-0.25, -0.2) is 0 Å². The molecule has 0 saturated heterocycles. The fraction of sp³-hybridized carbons (Fsp3) is 1.00. The molecule has 0 aliphatic heterocycles. The molecule has 3 nitrogen and oxygen atoms in total. The van der Waals surface area contributed by atoms with Crippen molar-refractivity contribution in [1.82, 2.24) is 4.90 Å². The molecule has 0 fully saturated rings. The Kier molecular flexibility index (Phi) is 9.79. The molecule has 0 saturated carbocycles. The molecule has 17 heavy (non-hydrogen) atoms. The highest BCUT2D eigenvalue weighted by Gasteiger charge is 2.31. The molecule has 0 spiro atoms. The fourth-order valence-electron chi connectivity index (χ4n) is 2.49. The van der Waals surface area contributed by atoms with E-state index in [0.29, 0.717) is 0 Å². The summed E-state index contributed by atoms with van der Waals surface area (Å²) < 4.78 is 5.47. The lowest BCUT2D eigenvalue weighted by Gasteiger charge is -2.43. The van der Waals surface area contributed by atoms with Gasteiger partial charge in [-0.2, -0.15) is 0 Å². The third kappa shape index (κ3) is 5.36. The van der Waals surface area contributed by atoms with Crippen LogP contribution < -0.4 is 5.73 Å². The van der Waals surface area contributed by atoms with Crippen molar-refractivity contribution in [3.63, 3.8) is 0 Å². The Labute approximate surface area is 108 Å². The first-order chi connectivity index (χ1) is 8.20. The lowest BCUT2D eigenvalue weighted by molar-refractivity contribution is 0.0428. The van der Waals surface area contributed by atoms with Gasteiger partial charge in [0.2, 0.25) is 0 Å². The average Bonchev–Trinajstić information content (AvgIpc) is 2.38. The molecular formula is C14H32N2O. The first-order valence-corrected chi connectivity index (χ1v) is 7.23. The number of nitrogens with two attached hydrogens (primary N) is 1. The summed E-state index contributed by atoms with van der Waals surface area (Å²) in [6.45, 7) is 13.2. The number of ether oxygens (including phenoxy) is 1. The summed E-state index contributed by atoms with van der Waals surface area (Å²) in [7, 11) is 0. The maximum atomic E-state index is 6.06. The SMILES string of the molecule is CCCCC(CC)(CN)N(CC)CCOCC. The van der Waals surface area contributed by atoms with Crippen LogP contribution in [0.3, 0.4) is 0 Å². The van der Waals surface area contributed by atoms with Gasteiger partial charge in [-0.1, -0.05) is 33.6 Å². The number of nitrogens with zero attached hydrogens (tertiary/aromatic N) is 1. The van der Waals surface area contributed by atoms with Gasteiger partial charge in [0.25, 0.3) is 0 Å². The smallest absolute Gasteiger partial charge is 0.0593 e. The zero-order valence-corrected chi connectivity index (χ0v) is 12.3. The summed E-state index contributed by atoms with van der Waals surface area (Å²) in [4.78, 5) is 2.51. The van der Waals surface area contributed by atoms with Crippen LogP contribution in [0.2, 0.25) is 0 Å². The highest BCUT2D eigenvalue weighted by atomic mass is 16.5. The Balaban J connectivity index is 4.47. The van der Waals surface area contributed by atoms with Gasteiger partial charge in [-0.3, -0.25) is 4.90 Å². The topological polar surface area (TPSA) is 38.5 Å². The van der Waals surface area contributed by atoms with Crippen LogP contribution in [0.1, 0.15) is 53.4 Å². The standard InChI is InChI=1S/C14H32N2O/c1-5-9-10-14(6-2,13-15)16(7-3)11-12-17-8-4/h5-13,15H2,1-4H3. The lowest BCUT2D eigenvalue weighted by Crippen LogP contribution is -2.54. The fourth-order valence-corrected chi connectivity index (χ4v) is 2.49. The second-order valence-corrected chi connectivity index (χ2v) is 4.66. The summed E-state index contributed by atoms with van der Waals surface area (Å²) in [6, 6.07) is 0. The van der Waals surface area contributed by atoms with E-state index >= 15 is 0 Å². The predicted octanol–water partition coefficient (Wildman–Crippen LogP) is 2.64. The second kappa shape index (κ2) is 9.86. The van der Waals surface area contributed by atoms with E-state index in [1.54, 1.807) is 0 Å². The van der Waals surface area contributed by atoms with Gasteiger partial charge in [-0.15, -0.1) is 0 Å². The van der Waals surface area contributed by atoms with Crippen molar-refractivity contribution in [3.8, 4) is 0 Å². The van der Waals surface area contributed by atoms with Gasteiger partial charge < -0.3 is 10.5 Å². The van der Waals surface area contributed by atoms with E-state index in [0.717, 1.165) is 39.3 Å². The van der Waals surface area contributed by atoms with Gasteiger partial charge in [-0.05, 0) is 26.3 Å². The van der Waals surface area contributed by atoms with E-state index in [9.17, 15) is 0 Å². The molecule has 0 aliphatic rings. The average molecular weight is 244 g/mol. The summed E-state index contributed by atoms with van der Waals surface area (Å²) in [5.74, 6) is 0. The van der Waals surface area contributed by atoms with Gasteiger partial charge in [0.1, 0.15) is 0 Å². The Morgan fingerprint density at radius 2 is 1.88 bits per heavy atom. The van der Waals surface area contributed by atoms with E-state index in [-0.39, 0.29) is 5.54 Å². The van der Waals surface area contributed by atoms with Gasteiger partial charge in [0, 0.05) is 25.2 Å². The van der Waals surface area contributed by atoms with Crippen LogP contribution in [-0.4, -0.2) is 43.3 Å². The van der Waals surface area contributed by atoms with Crippen LogP contribution in [0.4, 0.5) is 0 Å². The number of hydrogen-bond acceptors (Lipinski definition) is 3. The predicted molar refractivity (Wildman–Crippen MR) is 75.3 cm³/mol. The quantitative estimate of drug-likeness (QED) is 0.568. The van der Waals surface area contributed by atoms with Crippen molar-refractivity contribution in [3.05, 3.63) is 0 Å². The van der Waals surface area contributed by atoms with Crippen molar-refractivity contribution in [2.24, 2.45) is 5.73 Å². The van der Waals surface area contributed by atoms with Crippen molar-refractivity contribution in [2.75, 3.05) is 32.8 Å². The molecule has 0 aromatic heterocycles. The van der Waals surface area contributed by atoms with Crippen molar-refractivity contribution in [2.45, 2.75) is 58.9 Å². The third-order valence-electron chi connectivity index (χ3n) is 3.80. The zero-order valence-electron chi connectivity index (χ0n) is 12.3. The number of likely N-dealkylation sites (N-methyl/N-ethyl adjacent to an activating group) is 1. The highest BCUT2D eigenvalue weighted by Crippen LogP contribution is 2.25. The summed E-state index contributed by atoms with van der Waals surface area (Å²) in [6.07, 6.45) is 4.83. The molecule has 0 aromatic rings. The van der Waals surface area contributed by atoms with Crippen molar-refractivity contribution < 1.29 is 4.74 Å². The molecule has 0 aromatic carbocycles. The Bertz CT molecular complexity index is 170. The number of hydrogen-bond donors (Lipinski definition) is 1. The van der Waals surface area contributed by atoms with Crippen LogP contribution in [0.5, 0.6) is 0 Å². The van der Waals surface area contributed by atoms with Gasteiger partial charge in [0.05, 0.1) is 6.61 Å². The molecule has 2 N–H and O–H groups in total. The van der Waals surface area contributed by atoms with Crippen molar-refractivity contribution >= 4 is 0 Å². The number of rotatable bonds is 11. The third-order valence-corrected chi connectivity index (χ3v) is 3.80. The van der Waals surface area contributed by atoms with E-state index < -0.39 is 0 Å². The molecule has 0 aliphatic carbocycles. The first-order valence-electron chi connectivity index (χ1n) is 7.23. The molecule has 0 rings (SSSR count). The zero-order chi connectivity index (χ0) is 13.1. The Morgan fingerprint density at radius 3 is 2.29 bits per heavy atom. The van der Waals surface area contributed by atoms with E-state index in [1.807, 2.05) is 6.92 Å². The normalized spacial score (nSPS) is 15.2. The van der Waals surface area contributed by atoms with Crippen molar-refractivity contribution in [1.29, 1.82) is 0 Å². The minimum Gasteiger partial charge on any atom is -0.380 e.